The number of carbonyl (C=O) groups is 1. The molecule has 1 saturated heterocycles. The summed E-state index contributed by atoms with van der Waals surface area (Å²) in [4.78, 5) is 11.7. The lowest BCUT2D eigenvalue weighted by atomic mass is 10.2. The van der Waals surface area contributed by atoms with E-state index in [1.807, 2.05) is 0 Å². The summed E-state index contributed by atoms with van der Waals surface area (Å²) in [6.45, 7) is 1.74. The third-order valence-electron chi connectivity index (χ3n) is 2.64. The molecule has 2 N–H and O–H groups in total. The van der Waals surface area contributed by atoms with Crippen LogP contribution in [0.15, 0.2) is 6.20 Å². The van der Waals surface area contributed by atoms with Gasteiger partial charge >= 0.3 is 0 Å². The van der Waals surface area contributed by atoms with Crippen molar-refractivity contribution in [3.63, 3.8) is 0 Å². The van der Waals surface area contributed by atoms with Crippen molar-refractivity contribution in [3.05, 3.63) is 17.5 Å². The smallest absolute Gasteiger partial charge is 0.254 e. The molecule has 2 rings (SSSR count). The molecule has 88 valence electrons. The average molecular weight is 243 g/mol. The fourth-order valence-electron chi connectivity index (χ4n) is 1.75. The molecule has 0 aromatic carbocycles. The van der Waals surface area contributed by atoms with E-state index in [-0.39, 0.29) is 23.5 Å². The second-order valence-corrected chi connectivity index (χ2v) is 6.21. The van der Waals surface area contributed by atoms with Crippen LogP contribution in [-0.4, -0.2) is 42.1 Å². The van der Waals surface area contributed by atoms with Crippen LogP contribution in [0.3, 0.4) is 0 Å². The van der Waals surface area contributed by atoms with Gasteiger partial charge in [-0.25, -0.2) is 8.42 Å². The summed E-state index contributed by atoms with van der Waals surface area (Å²) in [7, 11) is -2.96. The Labute approximate surface area is 93.3 Å². The number of hydrogen-bond donors (Lipinski definition) is 2. The molecule has 1 unspecified atom stereocenters. The fraction of sp³-hybridized carbons (Fsp3) is 0.556. The number of amides is 1. The molecule has 1 fully saturated rings. The van der Waals surface area contributed by atoms with Gasteiger partial charge < -0.3 is 5.32 Å². The number of hydrogen-bond acceptors (Lipinski definition) is 4. The van der Waals surface area contributed by atoms with Crippen molar-refractivity contribution in [1.82, 2.24) is 15.5 Å². The van der Waals surface area contributed by atoms with Gasteiger partial charge in [0.25, 0.3) is 5.91 Å². The van der Waals surface area contributed by atoms with Gasteiger partial charge in [0.2, 0.25) is 0 Å². The van der Waals surface area contributed by atoms with Crippen LogP contribution in [-0.2, 0) is 9.84 Å². The number of nitrogens with one attached hydrogen (secondary N) is 2. The largest absolute Gasteiger partial charge is 0.348 e. The molecule has 1 aromatic heterocycles. The van der Waals surface area contributed by atoms with Gasteiger partial charge in [-0.2, -0.15) is 5.10 Å². The number of rotatable bonds is 2. The number of aromatic nitrogens is 2. The Bertz CT molecular complexity index is 506. The maximum atomic E-state index is 11.7. The van der Waals surface area contributed by atoms with E-state index in [0.29, 0.717) is 17.7 Å². The molecule has 1 atom stereocenters. The van der Waals surface area contributed by atoms with Gasteiger partial charge in [-0.05, 0) is 13.3 Å². The maximum Gasteiger partial charge on any atom is 0.254 e. The van der Waals surface area contributed by atoms with Crippen LogP contribution < -0.4 is 5.32 Å². The Balaban J connectivity index is 2.02. The van der Waals surface area contributed by atoms with Crippen LogP contribution in [0.25, 0.3) is 0 Å². The maximum absolute atomic E-state index is 11.7. The van der Waals surface area contributed by atoms with Crippen LogP contribution >= 0.6 is 0 Å². The summed E-state index contributed by atoms with van der Waals surface area (Å²) in [6.07, 6.45) is 1.93. The summed E-state index contributed by atoms with van der Waals surface area (Å²) < 4.78 is 22.4. The van der Waals surface area contributed by atoms with Gasteiger partial charge in [-0.15, -0.1) is 0 Å². The van der Waals surface area contributed by atoms with Crippen LogP contribution in [0.4, 0.5) is 0 Å². The Morgan fingerprint density at radius 1 is 1.62 bits per heavy atom. The molecule has 16 heavy (non-hydrogen) atoms. The second kappa shape index (κ2) is 3.89. The molecule has 0 saturated carbocycles. The van der Waals surface area contributed by atoms with E-state index in [4.69, 9.17) is 0 Å². The Morgan fingerprint density at radius 3 is 2.88 bits per heavy atom. The van der Waals surface area contributed by atoms with Crippen molar-refractivity contribution >= 4 is 15.7 Å². The third-order valence-corrected chi connectivity index (χ3v) is 4.41. The molecule has 2 heterocycles. The lowest BCUT2D eigenvalue weighted by Gasteiger charge is -2.09. The Hall–Kier alpha value is -1.37. The molecule has 1 aromatic rings. The molecule has 0 bridgehead atoms. The van der Waals surface area contributed by atoms with Crippen LogP contribution in [0, 0.1) is 6.92 Å². The third kappa shape index (κ3) is 2.24. The first kappa shape index (κ1) is 11.1. The van der Waals surface area contributed by atoms with Gasteiger partial charge in [0.15, 0.2) is 9.84 Å². The van der Waals surface area contributed by atoms with Crippen LogP contribution in [0.5, 0.6) is 0 Å². The molecular formula is C9H13N3O3S. The quantitative estimate of drug-likeness (QED) is 0.741. The SMILES string of the molecule is Cc1[nH]ncc1C(=O)NC1CCS(=O)(=O)C1. The Morgan fingerprint density at radius 2 is 2.38 bits per heavy atom. The second-order valence-electron chi connectivity index (χ2n) is 3.98. The fourth-order valence-corrected chi connectivity index (χ4v) is 3.42. The van der Waals surface area contributed by atoms with Gasteiger partial charge in [0.05, 0.1) is 23.3 Å². The molecule has 1 aliphatic rings. The molecule has 1 aliphatic heterocycles. The van der Waals surface area contributed by atoms with E-state index in [1.54, 1.807) is 6.92 Å². The molecule has 0 aliphatic carbocycles. The van der Waals surface area contributed by atoms with Crippen LogP contribution in [0.1, 0.15) is 22.5 Å². The van der Waals surface area contributed by atoms with E-state index in [2.05, 4.69) is 15.5 Å². The van der Waals surface area contributed by atoms with Crippen LogP contribution in [0.2, 0.25) is 0 Å². The molecule has 0 radical (unpaired) electrons. The van der Waals surface area contributed by atoms with E-state index in [1.165, 1.54) is 6.20 Å². The lowest BCUT2D eigenvalue weighted by Crippen LogP contribution is -2.35. The first-order valence-corrected chi connectivity index (χ1v) is 6.81. The predicted octanol–water partition coefficient (Wildman–Crippen LogP) is -0.365. The van der Waals surface area contributed by atoms with E-state index >= 15 is 0 Å². The highest BCUT2D eigenvalue weighted by Crippen LogP contribution is 2.12. The first-order valence-electron chi connectivity index (χ1n) is 4.99. The highest BCUT2D eigenvalue weighted by molar-refractivity contribution is 7.91. The average Bonchev–Trinajstić information content (AvgIpc) is 2.72. The van der Waals surface area contributed by atoms with Gasteiger partial charge in [0.1, 0.15) is 0 Å². The summed E-state index contributed by atoms with van der Waals surface area (Å²) in [5, 5.41) is 9.10. The van der Waals surface area contributed by atoms with Gasteiger partial charge in [0, 0.05) is 11.7 Å². The van der Waals surface area contributed by atoms with Crippen molar-refractivity contribution in [2.24, 2.45) is 0 Å². The zero-order valence-electron chi connectivity index (χ0n) is 8.86. The number of sulfone groups is 1. The zero-order chi connectivity index (χ0) is 11.8. The highest BCUT2D eigenvalue weighted by atomic mass is 32.2. The van der Waals surface area contributed by atoms with Crippen molar-refractivity contribution < 1.29 is 13.2 Å². The lowest BCUT2D eigenvalue weighted by molar-refractivity contribution is 0.0940. The van der Waals surface area contributed by atoms with Gasteiger partial charge in [-0.3, -0.25) is 9.89 Å². The minimum absolute atomic E-state index is 0.0373. The molecular weight excluding hydrogens is 230 g/mol. The summed E-state index contributed by atoms with van der Waals surface area (Å²) in [6, 6.07) is -0.271. The van der Waals surface area contributed by atoms with E-state index in [9.17, 15) is 13.2 Å². The molecule has 7 heteroatoms. The number of carbonyl (C=O) groups excluding carboxylic acids is 1. The molecule has 6 nitrogen and oxygen atoms in total. The molecule has 0 spiro atoms. The minimum atomic E-state index is -2.96. The number of aromatic amines is 1. The van der Waals surface area contributed by atoms with Crippen molar-refractivity contribution in [2.45, 2.75) is 19.4 Å². The summed E-state index contributed by atoms with van der Waals surface area (Å²) >= 11 is 0. The highest BCUT2D eigenvalue weighted by Gasteiger charge is 2.29. The number of aryl methyl sites for hydroxylation is 1. The zero-order valence-corrected chi connectivity index (χ0v) is 9.67. The normalized spacial score (nSPS) is 23.2. The van der Waals surface area contributed by atoms with Crippen molar-refractivity contribution in [3.8, 4) is 0 Å². The first-order chi connectivity index (χ1) is 7.48. The number of nitrogens with zero attached hydrogens (tertiary/aromatic N) is 1. The van der Waals surface area contributed by atoms with E-state index in [0.717, 1.165) is 0 Å². The van der Waals surface area contributed by atoms with Crippen molar-refractivity contribution in [1.29, 1.82) is 0 Å². The van der Waals surface area contributed by atoms with Crippen molar-refractivity contribution in [2.75, 3.05) is 11.5 Å². The Kier molecular flexibility index (Phi) is 2.71. The predicted molar refractivity (Wildman–Crippen MR) is 57.8 cm³/mol. The van der Waals surface area contributed by atoms with Gasteiger partial charge in [-0.1, -0.05) is 0 Å². The molecule has 1 amide bonds. The summed E-state index contributed by atoms with van der Waals surface area (Å²) in [5.41, 5.74) is 1.14. The topological polar surface area (TPSA) is 91.9 Å². The monoisotopic (exact) mass is 243 g/mol. The standard InChI is InChI=1S/C9H13N3O3S/c1-6-8(4-10-12-6)9(13)11-7-2-3-16(14,15)5-7/h4,7H,2-3,5H2,1H3,(H,10,12)(H,11,13). The van der Waals surface area contributed by atoms with E-state index < -0.39 is 9.84 Å². The number of H-pyrrole nitrogens is 1. The minimum Gasteiger partial charge on any atom is -0.348 e. The summed E-state index contributed by atoms with van der Waals surface area (Å²) in [5.74, 6) is -0.0776.